The van der Waals surface area contributed by atoms with Gasteiger partial charge in [0, 0.05) is 31.7 Å². The van der Waals surface area contributed by atoms with E-state index in [0.717, 1.165) is 51.4 Å². The van der Waals surface area contributed by atoms with Crippen molar-refractivity contribution in [3.8, 4) is 0 Å². The summed E-state index contributed by atoms with van der Waals surface area (Å²) in [6.07, 6.45) is 6.93. The Morgan fingerprint density at radius 1 is 0.317 bits per heavy atom. The molecule has 0 bridgehead atoms. The maximum atomic E-state index is 10.2. The summed E-state index contributed by atoms with van der Waals surface area (Å²) in [7, 11) is 0. The maximum absolute atomic E-state index is 10.2. The molecule has 18 heteroatoms. The third kappa shape index (κ3) is 42.8. The Balaban J connectivity index is -0.000000858. The summed E-state index contributed by atoms with van der Waals surface area (Å²) < 4.78 is 0. The van der Waals surface area contributed by atoms with E-state index in [9.17, 15) is 39.0 Å². The Labute approximate surface area is 481 Å². The lowest BCUT2D eigenvalue weighted by molar-refractivity contribution is 0.0583. The first-order valence-electron chi connectivity index (χ1n) is 26.7. The van der Waals surface area contributed by atoms with Crippen LogP contribution in [0.25, 0.3) is 0 Å². The molecule has 0 radical (unpaired) electrons. The zero-order chi connectivity index (χ0) is 62.5. The SMILES string of the molecule is CCC(O)CCO.CCCC(CO)C(O)CC.CCCCC(CO)C(O)CC.O=C(O)c1ccccc1.O=C(O)c1ccccc1.O=C(O)c1ccccc1.O=C(O)c1ccccc1.O=C(O)c1ccccc1.O=C(O)c1ccccc1. The average Bonchev–Trinajstić information content (AvgIpc) is 3.51. The van der Waals surface area contributed by atoms with Gasteiger partial charge in [0.15, 0.2) is 0 Å². The third-order valence-corrected chi connectivity index (χ3v) is 11.0. The van der Waals surface area contributed by atoms with Gasteiger partial charge in [-0.2, -0.15) is 0 Å². The van der Waals surface area contributed by atoms with Crippen molar-refractivity contribution in [2.45, 2.75) is 111 Å². The topological polar surface area (TPSA) is 345 Å². The smallest absolute Gasteiger partial charge is 0.335 e. The Kier molecular flexibility index (Phi) is 49.8. The van der Waals surface area contributed by atoms with E-state index < -0.39 is 35.8 Å². The minimum absolute atomic E-state index is 0.0923. The van der Waals surface area contributed by atoms with Gasteiger partial charge in [0.1, 0.15) is 0 Å². The molecule has 18 nitrogen and oxygen atoms in total. The van der Waals surface area contributed by atoms with Crippen LogP contribution in [0.15, 0.2) is 182 Å². The average molecular weight is 1140 g/mol. The van der Waals surface area contributed by atoms with Crippen LogP contribution in [-0.2, 0) is 0 Å². The lowest BCUT2D eigenvalue weighted by Crippen LogP contribution is -2.22. The summed E-state index contributed by atoms with van der Waals surface area (Å²) in [6.45, 7) is 10.3. The molecular weight excluding hydrogens is 1060 g/mol. The number of rotatable bonds is 20. The summed E-state index contributed by atoms with van der Waals surface area (Å²) in [5.74, 6) is -5.08. The Morgan fingerprint density at radius 2 is 0.537 bits per heavy atom. The van der Waals surface area contributed by atoms with Crippen LogP contribution in [0.5, 0.6) is 0 Å². The largest absolute Gasteiger partial charge is 0.478 e. The fourth-order valence-electron chi connectivity index (χ4n) is 6.15. The van der Waals surface area contributed by atoms with E-state index in [1.807, 2.05) is 20.8 Å². The van der Waals surface area contributed by atoms with Crippen LogP contribution in [0.4, 0.5) is 0 Å². The second-order valence-corrected chi connectivity index (χ2v) is 17.4. The van der Waals surface area contributed by atoms with E-state index in [0.29, 0.717) is 39.8 Å². The second kappa shape index (κ2) is 52.3. The molecule has 0 saturated heterocycles. The predicted octanol–water partition coefficient (Wildman–Crippen LogP) is 11.2. The van der Waals surface area contributed by atoms with Crippen molar-refractivity contribution in [1.29, 1.82) is 0 Å². The number of hydrogen-bond donors (Lipinski definition) is 12. The van der Waals surface area contributed by atoms with Gasteiger partial charge in [-0.3, -0.25) is 0 Å². The molecule has 0 fully saturated rings. The van der Waals surface area contributed by atoms with Gasteiger partial charge in [-0.05, 0) is 111 Å². The molecular formula is C64H86O18. The van der Waals surface area contributed by atoms with Crippen LogP contribution in [0.3, 0.4) is 0 Å². The minimum Gasteiger partial charge on any atom is -0.478 e. The number of aromatic carboxylic acids is 6. The molecule has 0 aliphatic carbocycles. The first kappa shape index (κ1) is 78.1. The third-order valence-electron chi connectivity index (χ3n) is 11.0. The number of unbranched alkanes of at least 4 members (excludes halogenated alkanes) is 1. The zero-order valence-corrected chi connectivity index (χ0v) is 47.5. The Hall–Kier alpha value is -8.10. The van der Waals surface area contributed by atoms with Gasteiger partial charge in [0.25, 0.3) is 0 Å². The van der Waals surface area contributed by atoms with Crippen LogP contribution < -0.4 is 0 Å². The van der Waals surface area contributed by atoms with Crippen LogP contribution in [0.1, 0.15) is 155 Å². The quantitative estimate of drug-likeness (QED) is 0.0338. The highest BCUT2D eigenvalue weighted by molar-refractivity contribution is 5.89. The first-order valence-corrected chi connectivity index (χ1v) is 26.7. The molecule has 12 N–H and O–H groups in total. The summed E-state index contributed by atoms with van der Waals surface area (Å²) in [5.41, 5.74) is 1.99. The molecule has 6 aromatic rings. The van der Waals surface area contributed by atoms with Crippen molar-refractivity contribution in [1.82, 2.24) is 0 Å². The van der Waals surface area contributed by atoms with Crippen LogP contribution in [0.2, 0.25) is 0 Å². The molecule has 450 valence electrons. The van der Waals surface area contributed by atoms with Crippen LogP contribution in [0, 0.1) is 11.8 Å². The molecule has 0 saturated carbocycles. The summed E-state index contributed by atoms with van der Waals surface area (Å²) in [6, 6.07) is 49.8. The Bertz CT molecular complexity index is 2100. The standard InChI is InChI=1S/C9H20O2.C8H18O2.6C7H6O2.C5H12O2/c1-3-5-6-8(7-10)9(11)4-2;1-3-5-7(6-9)8(10)4-2;6*8-7(9)6-4-2-1-3-5-6;1-2-5(7)3-4-6/h8-11H,3-7H2,1-2H3;7-10H,3-6H2,1-2H3;6*1-5H,(H,8,9);5-7H,2-4H2,1H3. The van der Waals surface area contributed by atoms with Gasteiger partial charge in [-0.25, -0.2) is 28.8 Å². The van der Waals surface area contributed by atoms with Crippen LogP contribution >= 0.6 is 0 Å². The Morgan fingerprint density at radius 3 is 0.659 bits per heavy atom. The zero-order valence-electron chi connectivity index (χ0n) is 47.5. The van der Waals surface area contributed by atoms with E-state index in [-0.39, 0.29) is 50.0 Å². The van der Waals surface area contributed by atoms with Gasteiger partial charge >= 0.3 is 35.8 Å². The molecule has 5 unspecified atom stereocenters. The normalized spacial score (nSPS) is 11.3. The number of aliphatic hydroxyl groups excluding tert-OH is 6. The summed E-state index contributed by atoms with van der Waals surface area (Å²) in [4.78, 5) is 61.2. The number of carboxylic acids is 6. The molecule has 6 aromatic carbocycles. The molecule has 0 amide bonds. The number of carbonyl (C=O) groups is 6. The monoisotopic (exact) mass is 1140 g/mol. The second-order valence-electron chi connectivity index (χ2n) is 17.4. The van der Waals surface area contributed by atoms with E-state index >= 15 is 0 Å². The first-order chi connectivity index (χ1) is 39.1. The van der Waals surface area contributed by atoms with Crippen molar-refractivity contribution in [2.24, 2.45) is 11.8 Å². The number of benzene rings is 6. The van der Waals surface area contributed by atoms with Gasteiger partial charge in [-0.15, -0.1) is 0 Å². The van der Waals surface area contributed by atoms with E-state index in [2.05, 4.69) is 13.8 Å². The van der Waals surface area contributed by atoms with Crippen molar-refractivity contribution in [2.75, 3.05) is 19.8 Å². The van der Waals surface area contributed by atoms with Gasteiger partial charge in [-0.1, -0.05) is 163 Å². The molecule has 6 rings (SSSR count). The summed E-state index contributed by atoms with van der Waals surface area (Å²) in [5, 5.41) is 104. The molecule has 0 aliphatic rings. The van der Waals surface area contributed by atoms with Crippen molar-refractivity contribution >= 4 is 35.8 Å². The number of hydrogen-bond acceptors (Lipinski definition) is 12. The van der Waals surface area contributed by atoms with E-state index in [4.69, 9.17) is 51.1 Å². The van der Waals surface area contributed by atoms with Crippen LogP contribution in [-0.4, -0.2) is 135 Å². The highest BCUT2D eigenvalue weighted by Crippen LogP contribution is 2.15. The lowest BCUT2D eigenvalue weighted by atomic mass is 9.95. The minimum atomic E-state index is -0.879. The van der Waals surface area contributed by atoms with Crippen molar-refractivity contribution in [3.05, 3.63) is 215 Å². The van der Waals surface area contributed by atoms with Gasteiger partial charge in [0.05, 0.1) is 51.7 Å². The highest BCUT2D eigenvalue weighted by atomic mass is 16.4. The molecule has 0 aliphatic heterocycles. The molecule has 0 spiro atoms. The fourth-order valence-corrected chi connectivity index (χ4v) is 6.15. The molecule has 0 aromatic heterocycles. The van der Waals surface area contributed by atoms with E-state index in [1.54, 1.807) is 182 Å². The van der Waals surface area contributed by atoms with Crippen molar-refractivity contribution < 1.29 is 90.0 Å². The van der Waals surface area contributed by atoms with Gasteiger partial charge < -0.3 is 61.3 Å². The number of carboxylic acid groups (broad SMARTS) is 6. The molecule has 5 atom stereocenters. The maximum Gasteiger partial charge on any atom is 0.335 e. The van der Waals surface area contributed by atoms with Crippen molar-refractivity contribution in [3.63, 3.8) is 0 Å². The summed E-state index contributed by atoms with van der Waals surface area (Å²) >= 11 is 0. The molecule has 82 heavy (non-hydrogen) atoms. The lowest BCUT2D eigenvalue weighted by Gasteiger charge is -2.18. The van der Waals surface area contributed by atoms with Gasteiger partial charge in [0.2, 0.25) is 0 Å². The van der Waals surface area contributed by atoms with E-state index in [1.165, 1.54) is 0 Å². The molecule has 0 heterocycles. The number of aliphatic hydroxyl groups is 6. The predicted molar refractivity (Wildman–Crippen MR) is 317 cm³/mol. The fraction of sp³-hybridized carbons (Fsp3) is 0.344. The highest BCUT2D eigenvalue weighted by Gasteiger charge is 2.16.